The number of hydrogen-bond acceptors (Lipinski definition) is 4. The van der Waals surface area contributed by atoms with Crippen LogP contribution in [0.1, 0.15) is 12.5 Å². The molecule has 5 heteroatoms. The molecule has 18 heavy (non-hydrogen) atoms. The molecule has 0 heterocycles. The lowest BCUT2D eigenvalue weighted by atomic mass is 10.2. The molecule has 0 unspecified atom stereocenters. The number of rotatable bonds is 5. The second kappa shape index (κ2) is 7.07. The minimum atomic E-state index is -0.661. The van der Waals surface area contributed by atoms with Gasteiger partial charge in [0.2, 0.25) is 0 Å². The maximum atomic E-state index is 12.6. The van der Waals surface area contributed by atoms with E-state index < -0.39 is 5.97 Å². The number of hydrogen-bond donors (Lipinski definition) is 1. The predicted octanol–water partition coefficient (Wildman–Crippen LogP) is 1.89. The molecule has 0 atom stereocenters. The summed E-state index contributed by atoms with van der Waals surface area (Å²) in [6.07, 6.45) is 1.29. The first kappa shape index (κ1) is 13.7. The molecule has 0 aliphatic carbocycles. The predicted molar refractivity (Wildman–Crippen MR) is 63.6 cm³/mol. The highest BCUT2D eigenvalue weighted by atomic mass is 19.1. The maximum Gasteiger partial charge on any atom is 0.350 e. The van der Waals surface area contributed by atoms with Gasteiger partial charge >= 0.3 is 5.97 Å². The van der Waals surface area contributed by atoms with E-state index in [9.17, 15) is 9.18 Å². The summed E-state index contributed by atoms with van der Waals surface area (Å²) in [7, 11) is 0. The Morgan fingerprint density at radius 1 is 1.50 bits per heavy atom. The molecular formula is C13H13FN2O2. The van der Waals surface area contributed by atoms with Crippen molar-refractivity contribution in [3.8, 4) is 6.07 Å². The van der Waals surface area contributed by atoms with Gasteiger partial charge in [-0.1, -0.05) is 12.1 Å². The summed E-state index contributed by atoms with van der Waals surface area (Å²) in [5.74, 6) is -0.967. The van der Waals surface area contributed by atoms with Crippen LogP contribution in [0, 0.1) is 17.1 Å². The molecule has 0 spiro atoms. The van der Waals surface area contributed by atoms with E-state index in [2.05, 4.69) is 5.32 Å². The van der Waals surface area contributed by atoms with Gasteiger partial charge in [0.1, 0.15) is 11.9 Å². The number of halogens is 1. The smallest absolute Gasteiger partial charge is 0.350 e. The Balaban J connectivity index is 2.55. The quantitative estimate of drug-likeness (QED) is 0.491. The molecule has 4 nitrogen and oxygen atoms in total. The van der Waals surface area contributed by atoms with Crippen LogP contribution >= 0.6 is 0 Å². The van der Waals surface area contributed by atoms with Crippen LogP contribution in [-0.4, -0.2) is 12.6 Å². The Labute approximate surface area is 105 Å². The van der Waals surface area contributed by atoms with Gasteiger partial charge in [-0.3, -0.25) is 0 Å². The molecule has 0 saturated carbocycles. The largest absolute Gasteiger partial charge is 0.462 e. The van der Waals surface area contributed by atoms with Gasteiger partial charge in [-0.25, -0.2) is 9.18 Å². The fourth-order valence-corrected chi connectivity index (χ4v) is 1.22. The van der Waals surface area contributed by atoms with E-state index in [1.54, 1.807) is 25.1 Å². The van der Waals surface area contributed by atoms with Gasteiger partial charge in [0.25, 0.3) is 0 Å². The molecule has 1 aromatic carbocycles. The average molecular weight is 248 g/mol. The number of nitrogens with zero attached hydrogens (tertiary/aromatic N) is 1. The first-order valence-electron chi connectivity index (χ1n) is 5.42. The first-order valence-corrected chi connectivity index (χ1v) is 5.42. The van der Waals surface area contributed by atoms with Gasteiger partial charge in [-0.15, -0.1) is 0 Å². The van der Waals surface area contributed by atoms with E-state index in [4.69, 9.17) is 10.00 Å². The highest BCUT2D eigenvalue weighted by molar-refractivity contribution is 5.92. The normalized spacial score (nSPS) is 10.6. The lowest BCUT2D eigenvalue weighted by Crippen LogP contribution is -2.12. The van der Waals surface area contributed by atoms with Crippen LogP contribution < -0.4 is 5.32 Å². The molecule has 1 rings (SSSR count). The van der Waals surface area contributed by atoms with Crippen LogP contribution in [0.25, 0.3) is 0 Å². The molecule has 94 valence electrons. The first-order chi connectivity index (χ1) is 8.67. The van der Waals surface area contributed by atoms with Crippen molar-refractivity contribution in [1.82, 2.24) is 5.32 Å². The molecule has 1 N–H and O–H groups in total. The Morgan fingerprint density at radius 3 is 2.72 bits per heavy atom. The van der Waals surface area contributed by atoms with Crippen molar-refractivity contribution in [2.75, 3.05) is 6.61 Å². The van der Waals surface area contributed by atoms with Crippen LogP contribution in [0.5, 0.6) is 0 Å². The van der Waals surface area contributed by atoms with E-state index in [0.717, 1.165) is 5.56 Å². The number of carbonyl (C=O) groups excluding carboxylic acids is 1. The molecule has 0 amide bonds. The van der Waals surface area contributed by atoms with Gasteiger partial charge in [0.15, 0.2) is 5.57 Å². The summed E-state index contributed by atoms with van der Waals surface area (Å²) in [6.45, 7) is 2.28. The van der Waals surface area contributed by atoms with Crippen LogP contribution in [0.15, 0.2) is 36.0 Å². The average Bonchev–Trinajstić information content (AvgIpc) is 2.37. The van der Waals surface area contributed by atoms with Crippen molar-refractivity contribution in [1.29, 1.82) is 5.26 Å². The molecule has 0 aliphatic heterocycles. The standard InChI is InChI=1S/C13H13FN2O2/c1-2-18-13(17)11(7-15)9-16-8-10-3-5-12(14)6-4-10/h3-6,9,16H,2,8H2,1H3/b11-9+. The zero-order valence-electron chi connectivity index (χ0n) is 9.94. The van der Waals surface area contributed by atoms with Gasteiger partial charge in [0.05, 0.1) is 6.61 Å². The molecule has 0 bridgehead atoms. The maximum absolute atomic E-state index is 12.6. The monoisotopic (exact) mass is 248 g/mol. The number of ether oxygens (including phenoxy) is 1. The lowest BCUT2D eigenvalue weighted by Gasteiger charge is -2.03. The highest BCUT2D eigenvalue weighted by Crippen LogP contribution is 2.02. The van der Waals surface area contributed by atoms with Crippen molar-refractivity contribution >= 4 is 5.97 Å². The third kappa shape index (κ3) is 4.26. The van der Waals surface area contributed by atoms with E-state index in [-0.39, 0.29) is 18.0 Å². The second-order valence-electron chi connectivity index (χ2n) is 3.40. The number of nitrogens with one attached hydrogen (secondary N) is 1. The molecule has 0 saturated heterocycles. The van der Waals surface area contributed by atoms with Crippen molar-refractivity contribution in [3.63, 3.8) is 0 Å². The van der Waals surface area contributed by atoms with Gasteiger partial charge in [-0.05, 0) is 24.6 Å². The van der Waals surface area contributed by atoms with Gasteiger partial charge in [0, 0.05) is 12.7 Å². The Bertz CT molecular complexity index is 475. The molecule has 1 aromatic rings. The fourth-order valence-electron chi connectivity index (χ4n) is 1.22. The van der Waals surface area contributed by atoms with Gasteiger partial charge in [-0.2, -0.15) is 5.26 Å². The molecule has 0 fully saturated rings. The number of carbonyl (C=O) groups is 1. The topological polar surface area (TPSA) is 62.1 Å². The third-order valence-corrected chi connectivity index (χ3v) is 2.08. The van der Waals surface area contributed by atoms with Crippen molar-refractivity contribution in [2.45, 2.75) is 13.5 Å². The zero-order valence-corrected chi connectivity index (χ0v) is 9.94. The van der Waals surface area contributed by atoms with E-state index in [0.29, 0.717) is 6.54 Å². The number of esters is 1. The summed E-state index contributed by atoms with van der Waals surface area (Å²) in [5, 5.41) is 11.6. The van der Waals surface area contributed by atoms with Crippen molar-refractivity contribution in [3.05, 3.63) is 47.4 Å². The number of benzene rings is 1. The zero-order chi connectivity index (χ0) is 13.4. The summed E-state index contributed by atoms with van der Waals surface area (Å²) in [6, 6.07) is 7.67. The summed E-state index contributed by atoms with van der Waals surface area (Å²) < 4.78 is 17.3. The summed E-state index contributed by atoms with van der Waals surface area (Å²) in [4.78, 5) is 11.3. The van der Waals surface area contributed by atoms with Crippen LogP contribution in [0.4, 0.5) is 4.39 Å². The van der Waals surface area contributed by atoms with E-state index in [1.165, 1.54) is 18.3 Å². The van der Waals surface area contributed by atoms with Crippen molar-refractivity contribution < 1.29 is 13.9 Å². The van der Waals surface area contributed by atoms with E-state index in [1.807, 2.05) is 0 Å². The summed E-state index contributed by atoms with van der Waals surface area (Å²) >= 11 is 0. The second-order valence-corrected chi connectivity index (χ2v) is 3.40. The SMILES string of the molecule is CCOC(=O)/C(C#N)=C/NCc1ccc(F)cc1. The molecule has 0 radical (unpaired) electrons. The Hall–Kier alpha value is -2.35. The fraction of sp³-hybridized carbons (Fsp3) is 0.231. The van der Waals surface area contributed by atoms with Crippen LogP contribution in [0.3, 0.4) is 0 Å². The lowest BCUT2D eigenvalue weighted by molar-refractivity contribution is -0.138. The van der Waals surface area contributed by atoms with Crippen LogP contribution in [0.2, 0.25) is 0 Å². The van der Waals surface area contributed by atoms with Crippen molar-refractivity contribution in [2.24, 2.45) is 0 Å². The minimum absolute atomic E-state index is 0.0982. The Kier molecular flexibility index (Phi) is 5.39. The highest BCUT2D eigenvalue weighted by Gasteiger charge is 2.08. The molecular weight excluding hydrogens is 235 g/mol. The summed E-state index contributed by atoms with van der Waals surface area (Å²) in [5.41, 5.74) is 0.743. The van der Waals surface area contributed by atoms with E-state index >= 15 is 0 Å². The third-order valence-electron chi connectivity index (χ3n) is 2.08. The molecule has 0 aromatic heterocycles. The Morgan fingerprint density at radius 2 is 2.17 bits per heavy atom. The molecule has 0 aliphatic rings. The number of nitriles is 1. The minimum Gasteiger partial charge on any atom is -0.462 e. The van der Waals surface area contributed by atoms with Gasteiger partial charge < -0.3 is 10.1 Å². The van der Waals surface area contributed by atoms with Crippen LogP contribution in [-0.2, 0) is 16.1 Å².